The molecule has 1 saturated heterocycles. The molecule has 2 aromatic rings. The second-order valence-electron chi connectivity index (χ2n) is 7.09. The molecule has 4 rings (SSSR count). The van der Waals surface area contributed by atoms with Crippen molar-refractivity contribution in [1.82, 2.24) is 19.7 Å². The summed E-state index contributed by atoms with van der Waals surface area (Å²) in [4.78, 5) is 19.2. The van der Waals surface area contributed by atoms with E-state index in [1.165, 1.54) is 24.8 Å². The molecule has 126 valence electrons. The lowest BCUT2D eigenvalue weighted by atomic mass is 9.78. The molecule has 24 heavy (non-hydrogen) atoms. The maximum Gasteiger partial charge on any atom is 0.254 e. The van der Waals surface area contributed by atoms with E-state index in [2.05, 4.69) is 22.2 Å². The fraction of sp³-hybridized carbons (Fsp3) is 0.526. The van der Waals surface area contributed by atoms with Crippen LogP contribution in [0.1, 0.15) is 53.9 Å². The minimum absolute atomic E-state index is 0.209. The van der Waals surface area contributed by atoms with E-state index < -0.39 is 0 Å². The van der Waals surface area contributed by atoms with E-state index in [1.54, 1.807) is 12.7 Å². The summed E-state index contributed by atoms with van der Waals surface area (Å²) in [7, 11) is 0. The van der Waals surface area contributed by atoms with Gasteiger partial charge in [-0.1, -0.05) is 24.6 Å². The molecule has 0 N–H and O–H groups in total. The Morgan fingerprint density at radius 2 is 2.04 bits per heavy atom. The number of hydrogen-bond acceptors (Lipinski definition) is 3. The van der Waals surface area contributed by atoms with E-state index in [0.29, 0.717) is 11.8 Å². The molecule has 1 aromatic heterocycles. The predicted molar refractivity (Wildman–Crippen MR) is 91.7 cm³/mol. The van der Waals surface area contributed by atoms with Gasteiger partial charge in [-0.25, -0.2) is 4.98 Å². The van der Waals surface area contributed by atoms with Crippen LogP contribution in [-0.4, -0.2) is 38.7 Å². The summed E-state index contributed by atoms with van der Waals surface area (Å²) in [6.45, 7) is 2.53. The summed E-state index contributed by atoms with van der Waals surface area (Å²) in [5.74, 6) is 1.25. The van der Waals surface area contributed by atoms with Crippen molar-refractivity contribution < 1.29 is 4.79 Å². The summed E-state index contributed by atoms with van der Waals surface area (Å²) in [6.07, 6.45) is 9.27. The number of rotatable bonds is 4. The van der Waals surface area contributed by atoms with Crippen LogP contribution in [0.4, 0.5) is 0 Å². The average Bonchev–Trinajstić information content (AvgIpc) is 3.06. The zero-order chi connectivity index (χ0) is 16.4. The molecule has 2 heterocycles. The van der Waals surface area contributed by atoms with Crippen molar-refractivity contribution in [2.24, 2.45) is 5.92 Å². The van der Waals surface area contributed by atoms with Gasteiger partial charge in [-0.3, -0.25) is 9.48 Å². The number of likely N-dealkylation sites (tertiary alicyclic amines) is 1. The van der Waals surface area contributed by atoms with Crippen molar-refractivity contribution >= 4 is 5.91 Å². The second kappa shape index (κ2) is 6.75. The summed E-state index contributed by atoms with van der Waals surface area (Å²) in [5.41, 5.74) is 2.18. The van der Waals surface area contributed by atoms with Crippen molar-refractivity contribution in [2.45, 2.75) is 44.6 Å². The molecule has 5 nitrogen and oxygen atoms in total. The Balaban J connectivity index is 1.48. The first kappa shape index (κ1) is 15.4. The number of nitrogens with zero attached hydrogens (tertiary/aromatic N) is 4. The molecule has 0 bridgehead atoms. The van der Waals surface area contributed by atoms with Crippen LogP contribution in [0, 0.1) is 5.92 Å². The lowest BCUT2D eigenvalue weighted by Crippen LogP contribution is -2.41. The van der Waals surface area contributed by atoms with E-state index in [4.69, 9.17) is 0 Å². The predicted octanol–water partition coefficient (Wildman–Crippen LogP) is 3.10. The smallest absolute Gasteiger partial charge is 0.254 e. The summed E-state index contributed by atoms with van der Waals surface area (Å²) < 4.78 is 1.88. The standard InChI is InChI=1S/C19H24N4O/c24-19(18-9-2-1-8-17(18)16-6-3-7-16)22-10-4-5-15(11-22)12-23-14-20-13-21-23/h1-2,8-9,13-16H,3-7,10-12H2. The quantitative estimate of drug-likeness (QED) is 0.868. The summed E-state index contributed by atoms with van der Waals surface area (Å²) in [5, 5.41) is 4.20. The minimum atomic E-state index is 0.209. The largest absolute Gasteiger partial charge is 0.338 e. The van der Waals surface area contributed by atoms with Crippen molar-refractivity contribution in [2.75, 3.05) is 13.1 Å². The number of benzene rings is 1. The second-order valence-corrected chi connectivity index (χ2v) is 7.09. The zero-order valence-electron chi connectivity index (χ0n) is 14.0. The monoisotopic (exact) mass is 324 g/mol. The van der Waals surface area contributed by atoms with Crippen LogP contribution in [0.25, 0.3) is 0 Å². The minimum Gasteiger partial charge on any atom is -0.338 e. The number of piperidine rings is 1. The van der Waals surface area contributed by atoms with Gasteiger partial charge in [0.25, 0.3) is 5.91 Å². The highest BCUT2D eigenvalue weighted by atomic mass is 16.2. The normalized spacial score (nSPS) is 21.5. The molecule has 1 aromatic carbocycles. The van der Waals surface area contributed by atoms with E-state index in [1.807, 2.05) is 21.7 Å². The first-order valence-electron chi connectivity index (χ1n) is 9.02. The molecule has 1 amide bonds. The fourth-order valence-corrected chi connectivity index (χ4v) is 3.93. The van der Waals surface area contributed by atoms with Crippen molar-refractivity contribution in [3.8, 4) is 0 Å². The van der Waals surface area contributed by atoms with Crippen LogP contribution < -0.4 is 0 Å². The van der Waals surface area contributed by atoms with Gasteiger partial charge < -0.3 is 4.90 Å². The highest BCUT2D eigenvalue weighted by Gasteiger charge is 2.29. The van der Waals surface area contributed by atoms with Gasteiger partial charge in [-0.2, -0.15) is 5.10 Å². The average molecular weight is 324 g/mol. The molecule has 1 saturated carbocycles. The van der Waals surface area contributed by atoms with E-state index in [0.717, 1.165) is 38.0 Å². The topological polar surface area (TPSA) is 51.0 Å². The number of hydrogen-bond donors (Lipinski definition) is 0. The molecule has 1 unspecified atom stereocenters. The van der Waals surface area contributed by atoms with E-state index in [9.17, 15) is 4.79 Å². The fourth-order valence-electron chi connectivity index (χ4n) is 3.93. The molecule has 1 aliphatic carbocycles. The molecular formula is C19H24N4O. The van der Waals surface area contributed by atoms with Gasteiger partial charge in [0.1, 0.15) is 12.7 Å². The molecule has 1 aliphatic heterocycles. The Bertz CT molecular complexity index is 693. The Labute approximate surface area is 142 Å². The van der Waals surface area contributed by atoms with Crippen LogP contribution in [0.2, 0.25) is 0 Å². The van der Waals surface area contributed by atoms with Gasteiger partial charge in [0.2, 0.25) is 0 Å². The Morgan fingerprint density at radius 3 is 2.79 bits per heavy atom. The van der Waals surface area contributed by atoms with Gasteiger partial charge in [-0.05, 0) is 49.1 Å². The highest BCUT2D eigenvalue weighted by Crippen LogP contribution is 2.38. The number of carbonyl (C=O) groups is 1. The Morgan fingerprint density at radius 1 is 1.17 bits per heavy atom. The van der Waals surface area contributed by atoms with Gasteiger partial charge in [-0.15, -0.1) is 0 Å². The molecule has 2 fully saturated rings. The first-order chi connectivity index (χ1) is 11.8. The van der Waals surface area contributed by atoms with Crippen LogP contribution in [-0.2, 0) is 6.54 Å². The van der Waals surface area contributed by atoms with Crippen LogP contribution >= 0.6 is 0 Å². The molecule has 0 spiro atoms. The zero-order valence-corrected chi connectivity index (χ0v) is 14.0. The molecule has 1 atom stereocenters. The third-order valence-corrected chi connectivity index (χ3v) is 5.45. The van der Waals surface area contributed by atoms with Gasteiger partial charge in [0.05, 0.1) is 0 Å². The lowest BCUT2D eigenvalue weighted by molar-refractivity contribution is 0.0657. The summed E-state index contributed by atoms with van der Waals surface area (Å²) in [6, 6.07) is 8.21. The van der Waals surface area contributed by atoms with Gasteiger partial charge in [0, 0.05) is 25.2 Å². The number of aromatic nitrogens is 3. The van der Waals surface area contributed by atoms with Crippen LogP contribution in [0.3, 0.4) is 0 Å². The van der Waals surface area contributed by atoms with Crippen LogP contribution in [0.15, 0.2) is 36.9 Å². The molecule has 2 aliphatic rings. The SMILES string of the molecule is O=C(c1ccccc1C1CCC1)N1CCCC(Cn2cncn2)C1. The van der Waals surface area contributed by atoms with Gasteiger partial charge >= 0.3 is 0 Å². The highest BCUT2D eigenvalue weighted by molar-refractivity contribution is 5.96. The number of amides is 1. The van der Waals surface area contributed by atoms with Gasteiger partial charge in [0.15, 0.2) is 0 Å². The summed E-state index contributed by atoms with van der Waals surface area (Å²) >= 11 is 0. The molecular weight excluding hydrogens is 300 g/mol. The lowest BCUT2D eigenvalue weighted by Gasteiger charge is -2.34. The first-order valence-corrected chi connectivity index (χ1v) is 9.02. The maximum absolute atomic E-state index is 13.1. The maximum atomic E-state index is 13.1. The Hall–Kier alpha value is -2.17. The molecule has 0 radical (unpaired) electrons. The molecule has 5 heteroatoms. The number of carbonyl (C=O) groups excluding carboxylic acids is 1. The van der Waals surface area contributed by atoms with Crippen molar-refractivity contribution in [3.63, 3.8) is 0 Å². The van der Waals surface area contributed by atoms with Crippen LogP contribution in [0.5, 0.6) is 0 Å². The van der Waals surface area contributed by atoms with Crippen molar-refractivity contribution in [3.05, 3.63) is 48.0 Å². The Kier molecular flexibility index (Phi) is 4.32. The third kappa shape index (κ3) is 3.07. The van der Waals surface area contributed by atoms with E-state index in [-0.39, 0.29) is 5.91 Å². The third-order valence-electron chi connectivity index (χ3n) is 5.45. The van der Waals surface area contributed by atoms with E-state index >= 15 is 0 Å². The van der Waals surface area contributed by atoms with Crippen molar-refractivity contribution in [1.29, 1.82) is 0 Å².